The van der Waals surface area contributed by atoms with Crippen LogP contribution in [0.4, 0.5) is 0 Å². The van der Waals surface area contributed by atoms with Crippen LogP contribution in [-0.2, 0) is 9.53 Å². The van der Waals surface area contributed by atoms with Gasteiger partial charge in [-0.25, -0.2) is 4.79 Å². The summed E-state index contributed by atoms with van der Waals surface area (Å²) in [5.41, 5.74) is 5.89. The predicted molar refractivity (Wildman–Crippen MR) is 86.3 cm³/mol. The van der Waals surface area contributed by atoms with Crippen LogP contribution in [0.2, 0.25) is 0 Å². The molecule has 7 heteroatoms. The number of unbranched alkanes of at least 4 members (excludes halogenated alkanes) is 1. The summed E-state index contributed by atoms with van der Waals surface area (Å²) >= 11 is 0. The molecule has 0 spiro atoms. The average molecular weight is 321 g/mol. The number of nitrogens with zero attached hydrogens (tertiary/aromatic N) is 1. The number of nitrogens with one attached hydrogen (secondary N) is 1. The first kappa shape index (κ1) is 18.6. The van der Waals surface area contributed by atoms with Crippen molar-refractivity contribution in [2.45, 2.75) is 32.2 Å². The second-order valence-corrected chi connectivity index (χ2v) is 5.22. The molecule has 0 saturated carbocycles. The summed E-state index contributed by atoms with van der Waals surface area (Å²) in [6.07, 6.45) is 1.67. The Hall–Kier alpha value is -2.41. The summed E-state index contributed by atoms with van der Waals surface area (Å²) in [6, 6.07) is 7.78. The lowest BCUT2D eigenvalue weighted by Gasteiger charge is -2.23. The number of carbonyl (C=O) groups is 2. The molecule has 23 heavy (non-hydrogen) atoms. The van der Waals surface area contributed by atoms with E-state index in [1.165, 1.54) is 0 Å². The summed E-state index contributed by atoms with van der Waals surface area (Å²) in [6.45, 7) is 2.11. The molecule has 0 saturated heterocycles. The fraction of sp³-hybridized carbons (Fsp3) is 0.438. The monoisotopic (exact) mass is 321 g/mol. The molecule has 0 aliphatic rings. The van der Waals surface area contributed by atoms with Crippen molar-refractivity contribution in [3.05, 3.63) is 35.9 Å². The molecule has 1 aromatic rings. The fourth-order valence-electron chi connectivity index (χ4n) is 1.91. The van der Waals surface area contributed by atoms with Gasteiger partial charge in [0, 0.05) is 6.54 Å². The Balaban J connectivity index is 2.36. The van der Waals surface area contributed by atoms with Crippen LogP contribution in [0.3, 0.4) is 0 Å². The van der Waals surface area contributed by atoms with Gasteiger partial charge in [0.15, 0.2) is 6.73 Å². The van der Waals surface area contributed by atoms with Crippen molar-refractivity contribution in [1.82, 2.24) is 4.90 Å². The lowest BCUT2D eigenvalue weighted by Crippen LogP contribution is -2.33. The van der Waals surface area contributed by atoms with E-state index in [9.17, 15) is 9.59 Å². The number of aliphatic carboxylic acids is 1. The topological polar surface area (TPSA) is 117 Å². The second-order valence-electron chi connectivity index (χ2n) is 5.22. The Morgan fingerprint density at radius 3 is 2.52 bits per heavy atom. The molecule has 0 aliphatic heterocycles. The van der Waals surface area contributed by atoms with E-state index >= 15 is 0 Å². The van der Waals surface area contributed by atoms with E-state index in [1.54, 1.807) is 36.1 Å². The molecule has 0 radical (unpaired) electrons. The maximum Gasteiger partial charge on any atom is 0.339 e. The van der Waals surface area contributed by atoms with E-state index in [2.05, 4.69) is 0 Å². The van der Waals surface area contributed by atoms with Crippen LogP contribution in [0.1, 0.15) is 36.5 Å². The average Bonchev–Trinajstić information content (AvgIpc) is 2.53. The first-order valence-electron chi connectivity index (χ1n) is 7.42. The molecule has 1 rings (SSSR count). The standard InChI is InChI=1S/C16H23N3O4/c1-12(17)19(10-6-5-9-14(18)15(20)21)11-23-16(22)13-7-3-2-4-8-13/h2-4,7-8,14,17H,5-6,9-11,18H2,1H3,(H,20,21)/t14-/m0/s1. The van der Waals surface area contributed by atoms with Crippen molar-refractivity contribution < 1.29 is 19.4 Å². The van der Waals surface area contributed by atoms with Gasteiger partial charge < -0.3 is 20.5 Å². The molecular weight excluding hydrogens is 298 g/mol. The SMILES string of the molecule is CC(=N)N(CCCC[C@H](N)C(=O)O)COC(=O)c1ccccc1. The minimum Gasteiger partial charge on any atom is -0.480 e. The third kappa shape index (κ3) is 6.92. The molecular formula is C16H23N3O4. The van der Waals surface area contributed by atoms with E-state index in [0.29, 0.717) is 31.4 Å². The molecule has 7 nitrogen and oxygen atoms in total. The zero-order valence-corrected chi connectivity index (χ0v) is 13.2. The Kier molecular flexibility index (Phi) is 7.76. The number of nitrogens with two attached hydrogens (primary N) is 1. The van der Waals surface area contributed by atoms with Gasteiger partial charge >= 0.3 is 11.9 Å². The Morgan fingerprint density at radius 2 is 1.96 bits per heavy atom. The van der Waals surface area contributed by atoms with Gasteiger partial charge in [0.25, 0.3) is 0 Å². The summed E-state index contributed by atoms with van der Waals surface area (Å²) in [5.74, 6) is -1.17. The number of hydrogen-bond donors (Lipinski definition) is 3. The van der Waals surface area contributed by atoms with Gasteiger partial charge in [0.05, 0.1) is 11.4 Å². The molecule has 1 atom stereocenters. The van der Waals surface area contributed by atoms with Crippen molar-refractivity contribution in [3.8, 4) is 0 Å². The molecule has 0 bridgehead atoms. The van der Waals surface area contributed by atoms with Gasteiger partial charge in [-0.15, -0.1) is 0 Å². The molecule has 0 amide bonds. The number of hydrogen-bond acceptors (Lipinski definition) is 5. The van der Waals surface area contributed by atoms with E-state index < -0.39 is 18.0 Å². The number of carbonyl (C=O) groups excluding carboxylic acids is 1. The summed E-state index contributed by atoms with van der Waals surface area (Å²) < 4.78 is 5.20. The van der Waals surface area contributed by atoms with Gasteiger partial charge in [-0.1, -0.05) is 18.2 Å². The molecule has 4 N–H and O–H groups in total. The molecule has 0 fully saturated rings. The number of rotatable bonds is 9. The lowest BCUT2D eigenvalue weighted by atomic mass is 10.1. The highest BCUT2D eigenvalue weighted by molar-refractivity contribution is 5.89. The normalized spacial score (nSPS) is 11.6. The smallest absolute Gasteiger partial charge is 0.339 e. The largest absolute Gasteiger partial charge is 0.480 e. The zero-order chi connectivity index (χ0) is 17.2. The number of benzene rings is 1. The maximum absolute atomic E-state index is 11.9. The summed E-state index contributed by atoms with van der Waals surface area (Å²) in [4.78, 5) is 24.1. The Bertz CT molecular complexity index is 533. The lowest BCUT2D eigenvalue weighted by molar-refractivity contribution is -0.138. The number of amidine groups is 1. The van der Waals surface area contributed by atoms with Crippen LogP contribution < -0.4 is 5.73 Å². The molecule has 1 aromatic carbocycles. The third-order valence-electron chi connectivity index (χ3n) is 3.35. The fourth-order valence-corrected chi connectivity index (χ4v) is 1.91. The van der Waals surface area contributed by atoms with Gasteiger partial charge in [0.1, 0.15) is 6.04 Å². The van der Waals surface area contributed by atoms with Gasteiger partial charge in [-0.3, -0.25) is 10.2 Å². The first-order chi connectivity index (χ1) is 10.9. The minimum atomic E-state index is -1.01. The van der Waals surface area contributed by atoms with Gasteiger partial charge in [0.2, 0.25) is 0 Å². The van der Waals surface area contributed by atoms with Crippen molar-refractivity contribution >= 4 is 17.8 Å². The summed E-state index contributed by atoms with van der Waals surface area (Å²) in [7, 11) is 0. The van der Waals surface area contributed by atoms with Crippen LogP contribution in [-0.4, -0.2) is 47.1 Å². The number of esters is 1. The first-order valence-corrected chi connectivity index (χ1v) is 7.42. The van der Waals surface area contributed by atoms with E-state index in [1.807, 2.05) is 6.07 Å². The van der Waals surface area contributed by atoms with Crippen molar-refractivity contribution in [3.63, 3.8) is 0 Å². The highest BCUT2D eigenvalue weighted by Gasteiger charge is 2.13. The van der Waals surface area contributed by atoms with Crippen LogP contribution in [0.15, 0.2) is 30.3 Å². The number of ether oxygens (including phenoxy) is 1. The van der Waals surface area contributed by atoms with Crippen molar-refractivity contribution in [2.75, 3.05) is 13.3 Å². The van der Waals surface area contributed by atoms with Crippen molar-refractivity contribution in [2.24, 2.45) is 5.73 Å². The van der Waals surface area contributed by atoms with E-state index in [-0.39, 0.29) is 12.6 Å². The molecule has 0 aromatic heterocycles. The highest BCUT2D eigenvalue weighted by Crippen LogP contribution is 2.05. The highest BCUT2D eigenvalue weighted by atomic mass is 16.5. The third-order valence-corrected chi connectivity index (χ3v) is 3.35. The van der Waals surface area contributed by atoms with Crippen LogP contribution >= 0.6 is 0 Å². The number of carboxylic acids is 1. The van der Waals surface area contributed by atoms with E-state index in [0.717, 1.165) is 0 Å². The Labute approximate surface area is 135 Å². The predicted octanol–water partition coefficient (Wildman–Crippen LogP) is 1.68. The molecule has 0 unspecified atom stereocenters. The van der Waals surface area contributed by atoms with Crippen LogP contribution in [0.5, 0.6) is 0 Å². The minimum absolute atomic E-state index is 0.00591. The maximum atomic E-state index is 11.9. The number of carboxylic acid groups (broad SMARTS) is 1. The molecule has 0 heterocycles. The quantitative estimate of drug-likeness (QED) is 0.209. The van der Waals surface area contributed by atoms with E-state index in [4.69, 9.17) is 21.0 Å². The molecule has 126 valence electrons. The second kappa shape index (κ2) is 9.58. The van der Waals surface area contributed by atoms with Gasteiger partial charge in [-0.2, -0.15) is 0 Å². The van der Waals surface area contributed by atoms with Crippen LogP contribution in [0, 0.1) is 5.41 Å². The zero-order valence-electron chi connectivity index (χ0n) is 13.2. The van der Waals surface area contributed by atoms with Gasteiger partial charge in [-0.05, 0) is 38.3 Å². The molecule has 0 aliphatic carbocycles. The van der Waals surface area contributed by atoms with Crippen LogP contribution in [0.25, 0.3) is 0 Å². The van der Waals surface area contributed by atoms with Crippen molar-refractivity contribution in [1.29, 1.82) is 5.41 Å². The Morgan fingerprint density at radius 1 is 1.30 bits per heavy atom. The summed E-state index contributed by atoms with van der Waals surface area (Å²) in [5, 5.41) is 16.4.